The largest absolute Gasteiger partial charge is 0.294 e. The highest BCUT2D eigenvalue weighted by atomic mass is 15.2. The Hall–Kier alpha value is -3.13. The first-order valence-corrected chi connectivity index (χ1v) is 13.5. The van der Waals surface area contributed by atoms with Crippen LogP contribution < -0.4 is 4.57 Å². The lowest BCUT2D eigenvalue weighted by atomic mass is 9.89. The quantitative estimate of drug-likeness (QED) is 0.235. The van der Waals surface area contributed by atoms with Crippen molar-refractivity contribution < 1.29 is 4.57 Å². The van der Waals surface area contributed by atoms with Gasteiger partial charge in [-0.1, -0.05) is 76.2 Å². The Kier molecular flexibility index (Phi) is 7.54. The average Bonchev–Trinajstić information content (AvgIpc) is 3.24. The molecule has 0 aliphatic rings. The van der Waals surface area contributed by atoms with E-state index >= 15 is 0 Å². The Morgan fingerprint density at radius 1 is 0.750 bits per heavy atom. The zero-order valence-corrected chi connectivity index (χ0v) is 23.5. The molecule has 0 amide bonds. The fourth-order valence-corrected chi connectivity index (χ4v) is 5.25. The van der Waals surface area contributed by atoms with E-state index in [2.05, 4.69) is 144 Å². The number of hydrogen-bond donors (Lipinski definition) is 0. The molecule has 36 heavy (non-hydrogen) atoms. The summed E-state index contributed by atoms with van der Waals surface area (Å²) in [7, 11) is 0. The number of nitrogens with zero attached hydrogens (tertiary/aromatic N) is 2. The number of benzene rings is 3. The first-order chi connectivity index (χ1) is 17.1. The van der Waals surface area contributed by atoms with E-state index in [1.807, 2.05) is 0 Å². The van der Waals surface area contributed by atoms with E-state index in [9.17, 15) is 0 Å². The molecule has 0 unspecified atom stereocenters. The molecule has 0 saturated heterocycles. The third-order valence-electron chi connectivity index (χ3n) is 6.80. The Balaban J connectivity index is 2.08. The zero-order chi connectivity index (χ0) is 26.0. The SMILES string of the molecule is Cc1ccccc1-c1n(-c2c(CC(C)C)cc(-c3ccccc3)cc2CC(C)C)cc[n+]1C(C)(C)C. The maximum absolute atomic E-state index is 2.48. The van der Waals surface area contributed by atoms with Gasteiger partial charge in [-0.2, -0.15) is 4.57 Å². The van der Waals surface area contributed by atoms with Gasteiger partial charge in [0.05, 0.1) is 5.56 Å². The van der Waals surface area contributed by atoms with Crippen LogP contribution in [0.25, 0.3) is 28.2 Å². The van der Waals surface area contributed by atoms with E-state index in [1.165, 1.54) is 44.9 Å². The van der Waals surface area contributed by atoms with Crippen molar-refractivity contribution in [3.05, 3.63) is 95.8 Å². The topological polar surface area (TPSA) is 8.81 Å². The number of imidazole rings is 1. The van der Waals surface area contributed by atoms with Gasteiger partial charge in [0.2, 0.25) is 0 Å². The van der Waals surface area contributed by atoms with Gasteiger partial charge in [0.25, 0.3) is 5.82 Å². The molecule has 4 rings (SSSR count). The molecule has 0 aliphatic carbocycles. The normalized spacial score (nSPS) is 12.1. The molecule has 0 fully saturated rings. The van der Waals surface area contributed by atoms with Crippen LogP contribution in [0.1, 0.15) is 65.2 Å². The van der Waals surface area contributed by atoms with Gasteiger partial charge in [0.15, 0.2) is 0 Å². The average molecular weight is 480 g/mol. The van der Waals surface area contributed by atoms with Crippen LogP contribution in [0.2, 0.25) is 0 Å². The van der Waals surface area contributed by atoms with Gasteiger partial charge in [0.1, 0.15) is 23.6 Å². The number of hydrogen-bond acceptors (Lipinski definition) is 0. The third kappa shape index (κ3) is 5.48. The van der Waals surface area contributed by atoms with Crippen LogP contribution in [0.5, 0.6) is 0 Å². The monoisotopic (exact) mass is 479 g/mol. The summed E-state index contributed by atoms with van der Waals surface area (Å²) in [5.41, 5.74) is 9.36. The van der Waals surface area contributed by atoms with E-state index in [0.29, 0.717) is 11.8 Å². The van der Waals surface area contributed by atoms with Gasteiger partial charge in [0, 0.05) is 11.1 Å². The molecular weight excluding hydrogens is 436 g/mol. The minimum absolute atomic E-state index is 0.0384. The summed E-state index contributed by atoms with van der Waals surface area (Å²) >= 11 is 0. The summed E-state index contributed by atoms with van der Waals surface area (Å²) in [5, 5.41) is 0. The second-order valence-corrected chi connectivity index (χ2v) is 12.1. The summed E-state index contributed by atoms with van der Waals surface area (Å²) < 4.78 is 4.93. The predicted molar refractivity (Wildman–Crippen MR) is 154 cm³/mol. The highest BCUT2D eigenvalue weighted by Gasteiger charge is 2.32. The van der Waals surface area contributed by atoms with Crippen LogP contribution in [-0.4, -0.2) is 4.57 Å². The fourth-order valence-electron chi connectivity index (χ4n) is 5.25. The number of aryl methyl sites for hydroxylation is 1. The Morgan fingerprint density at radius 3 is 1.83 bits per heavy atom. The maximum atomic E-state index is 2.48. The zero-order valence-electron chi connectivity index (χ0n) is 23.5. The summed E-state index contributed by atoms with van der Waals surface area (Å²) in [6.45, 7) is 18.4. The first-order valence-electron chi connectivity index (χ1n) is 13.5. The molecule has 188 valence electrons. The minimum Gasteiger partial charge on any atom is -0.225 e. The lowest BCUT2D eigenvalue weighted by Crippen LogP contribution is -2.50. The van der Waals surface area contributed by atoms with Crippen molar-refractivity contribution in [2.24, 2.45) is 11.8 Å². The number of aromatic nitrogens is 2. The minimum atomic E-state index is -0.0384. The standard InChI is InChI=1S/C34H43N2/c1-24(2)20-29-22-28(27-15-10-9-11-16-27)23-30(21-25(3)4)32(29)35-18-19-36(34(6,7)8)33(35)31-17-13-12-14-26(31)5/h9-19,22-25H,20-21H2,1-8H3/q+1. The smallest absolute Gasteiger partial charge is 0.225 e. The van der Waals surface area contributed by atoms with Crippen LogP contribution in [0.4, 0.5) is 0 Å². The van der Waals surface area contributed by atoms with E-state index in [-0.39, 0.29) is 5.54 Å². The van der Waals surface area contributed by atoms with Crippen molar-refractivity contribution in [2.45, 2.75) is 73.8 Å². The molecule has 0 bridgehead atoms. The van der Waals surface area contributed by atoms with Gasteiger partial charge in [-0.05, 0) is 87.3 Å². The molecule has 0 saturated carbocycles. The van der Waals surface area contributed by atoms with Crippen molar-refractivity contribution in [1.29, 1.82) is 0 Å². The van der Waals surface area contributed by atoms with Gasteiger partial charge in [-0.15, -0.1) is 0 Å². The fraction of sp³-hybridized carbons (Fsp3) is 0.382. The molecule has 3 aromatic carbocycles. The predicted octanol–water partition coefficient (Wildman–Crippen LogP) is 8.56. The molecule has 4 aromatic rings. The highest BCUT2D eigenvalue weighted by molar-refractivity contribution is 5.70. The Labute approximate surface area is 218 Å². The lowest BCUT2D eigenvalue weighted by Gasteiger charge is -2.21. The second-order valence-electron chi connectivity index (χ2n) is 12.1. The van der Waals surface area contributed by atoms with Crippen molar-refractivity contribution in [3.8, 4) is 28.2 Å². The van der Waals surface area contributed by atoms with Crippen LogP contribution in [-0.2, 0) is 18.4 Å². The summed E-state index contributed by atoms with van der Waals surface area (Å²) in [4.78, 5) is 0. The Morgan fingerprint density at radius 2 is 1.31 bits per heavy atom. The Bertz CT molecular complexity index is 1290. The van der Waals surface area contributed by atoms with Gasteiger partial charge in [-0.3, -0.25) is 0 Å². The maximum Gasteiger partial charge on any atom is 0.294 e. The van der Waals surface area contributed by atoms with Crippen LogP contribution in [0.3, 0.4) is 0 Å². The van der Waals surface area contributed by atoms with Crippen LogP contribution in [0, 0.1) is 18.8 Å². The van der Waals surface area contributed by atoms with Gasteiger partial charge in [-0.25, -0.2) is 4.57 Å². The molecule has 1 aromatic heterocycles. The lowest BCUT2D eigenvalue weighted by molar-refractivity contribution is -0.743. The molecule has 2 nitrogen and oxygen atoms in total. The van der Waals surface area contributed by atoms with Gasteiger partial charge >= 0.3 is 0 Å². The highest BCUT2D eigenvalue weighted by Crippen LogP contribution is 2.35. The van der Waals surface area contributed by atoms with Crippen LogP contribution >= 0.6 is 0 Å². The summed E-state index contributed by atoms with van der Waals surface area (Å²) in [6, 6.07) is 24.5. The molecule has 0 N–H and O–H groups in total. The first kappa shape index (κ1) is 25.9. The molecule has 0 spiro atoms. The summed E-state index contributed by atoms with van der Waals surface area (Å²) in [6.07, 6.45) is 6.65. The third-order valence-corrected chi connectivity index (χ3v) is 6.80. The molecule has 0 radical (unpaired) electrons. The van der Waals surface area contributed by atoms with Crippen molar-refractivity contribution in [3.63, 3.8) is 0 Å². The van der Waals surface area contributed by atoms with E-state index in [0.717, 1.165) is 12.8 Å². The number of rotatable bonds is 7. The summed E-state index contributed by atoms with van der Waals surface area (Å²) in [5.74, 6) is 2.38. The molecule has 1 heterocycles. The van der Waals surface area contributed by atoms with E-state index < -0.39 is 0 Å². The van der Waals surface area contributed by atoms with E-state index in [4.69, 9.17) is 0 Å². The second kappa shape index (κ2) is 10.5. The van der Waals surface area contributed by atoms with Crippen molar-refractivity contribution in [2.75, 3.05) is 0 Å². The van der Waals surface area contributed by atoms with Crippen molar-refractivity contribution in [1.82, 2.24) is 4.57 Å². The molecule has 0 aliphatic heterocycles. The van der Waals surface area contributed by atoms with Crippen LogP contribution in [0.15, 0.2) is 79.1 Å². The molecular formula is C34H43N2+. The molecule has 2 heteroatoms. The van der Waals surface area contributed by atoms with Gasteiger partial charge < -0.3 is 0 Å². The van der Waals surface area contributed by atoms with Crippen molar-refractivity contribution >= 4 is 0 Å². The molecule has 0 atom stereocenters. The van der Waals surface area contributed by atoms with E-state index in [1.54, 1.807) is 0 Å².